The van der Waals surface area contributed by atoms with E-state index < -0.39 is 11.2 Å². The highest BCUT2D eigenvalue weighted by Gasteiger charge is 2.81. The standard InChI is InChI=1S/C29H41NO4/c1-25(2,3)26(4,31)20-15-27-10-11-29(20,32)24-28(27)12-13-30(16-17-6-7-17)21(27)14-18-8-9-19(33-5)23(34-24)22(18)28/h8-9,17,20-21,24,31-32H,6-7,10-16H2,1-5H3/t20-,21-,24+,26+,27?,28+,29-/m1/s1. The van der Waals surface area contributed by atoms with Crippen LogP contribution < -0.4 is 9.47 Å². The molecule has 7 aliphatic rings. The zero-order valence-corrected chi connectivity index (χ0v) is 21.5. The summed E-state index contributed by atoms with van der Waals surface area (Å²) >= 11 is 0. The first kappa shape index (κ1) is 21.9. The first-order valence-corrected chi connectivity index (χ1v) is 13.6. The normalized spacial score (nSPS) is 43.8. The van der Waals surface area contributed by atoms with Crippen LogP contribution in [-0.4, -0.2) is 58.7 Å². The van der Waals surface area contributed by atoms with Gasteiger partial charge in [0.15, 0.2) is 11.5 Å². The van der Waals surface area contributed by atoms with Crippen LogP contribution in [0.5, 0.6) is 11.5 Å². The van der Waals surface area contributed by atoms with Crippen molar-refractivity contribution in [3.05, 3.63) is 23.3 Å². The Morgan fingerprint density at radius 1 is 1.15 bits per heavy atom. The van der Waals surface area contributed by atoms with Crippen molar-refractivity contribution < 1.29 is 19.7 Å². The van der Waals surface area contributed by atoms with Gasteiger partial charge in [0.2, 0.25) is 0 Å². The van der Waals surface area contributed by atoms with E-state index in [1.54, 1.807) is 7.11 Å². The highest BCUT2D eigenvalue weighted by Crippen LogP contribution is 2.77. The van der Waals surface area contributed by atoms with Crippen LogP contribution in [0.15, 0.2) is 12.1 Å². The molecule has 8 rings (SSSR count). The molecule has 4 bridgehead atoms. The number of fused-ring (bicyclic) bond motifs is 2. The largest absolute Gasteiger partial charge is 0.493 e. The lowest BCUT2D eigenvalue weighted by atomic mass is 9.33. The third kappa shape index (κ3) is 2.29. The maximum absolute atomic E-state index is 12.6. The molecule has 5 nitrogen and oxygen atoms in total. The van der Waals surface area contributed by atoms with E-state index in [1.165, 1.54) is 30.5 Å². The lowest BCUT2D eigenvalue weighted by Gasteiger charge is -2.75. The third-order valence-electron chi connectivity index (χ3n) is 11.7. The molecule has 4 saturated carbocycles. The fourth-order valence-electron chi connectivity index (χ4n) is 9.41. The van der Waals surface area contributed by atoms with E-state index in [1.807, 2.05) is 6.92 Å². The quantitative estimate of drug-likeness (QED) is 0.699. The average molecular weight is 468 g/mol. The Bertz CT molecular complexity index is 1060. The van der Waals surface area contributed by atoms with Gasteiger partial charge in [-0.2, -0.15) is 0 Å². The molecule has 5 aliphatic carbocycles. The Morgan fingerprint density at radius 2 is 1.91 bits per heavy atom. The van der Waals surface area contributed by atoms with Gasteiger partial charge < -0.3 is 19.7 Å². The molecule has 1 aromatic carbocycles. The number of nitrogens with zero attached hydrogens (tertiary/aromatic N) is 1. The number of ether oxygens (including phenoxy) is 2. The summed E-state index contributed by atoms with van der Waals surface area (Å²) in [5.41, 5.74) is 0.151. The highest BCUT2D eigenvalue weighted by atomic mass is 16.5. The Labute approximate surface area is 203 Å². The summed E-state index contributed by atoms with van der Waals surface area (Å²) in [5, 5.41) is 24.7. The second-order valence-corrected chi connectivity index (χ2v) is 13.8. The predicted molar refractivity (Wildman–Crippen MR) is 130 cm³/mol. The summed E-state index contributed by atoms with van der Waals surface area (Å²) in [6.07, 6.45) is 7.07. The van der Waals surface area contributed by atoms with Gasteiger partial charge in [-0.15, -0.1) is 0 Å². The SMILES string of the molecule is COc1ccc2c3c1O[C@@H]1[C@@]4(O)CCC5(C[C@@H]4[C@](C)(O)C(C)(C)C)[C@@H](C2)N(CC2CC2)CC[C@]315. The molecule has 34 heavy (non-hydrogen) atoms. The lowest BCUT2D eigenvalue weighted by molar-refractivity contribution is -0.305. The van der Waals surface area contributed by atoms with Crippen molar-refractivity contribution in [1.82, 2.24) is 4.90 Å². The van der Waals surface area contributed by atoms with Gasteiger partial charge in [0.05, 0.1) is 12.7 Å². The number of rotatable bonds is 4. The van der Waals surface area contributed by atoms with Gasteiger partial charge in [-0.05, 0) is 81.4 Å². The van der Waals surface area contributed by atoms with Crippen LogP contribution in [0.2, 0.25) is 0 Å². The van der Waals surface area contributed by atoms with Crippen molar-refractivity contribution in [2.75, 3.05) is 20.2 Å². The molecule has 2 aliphatic heterocycles. The van der Waals surface area contributed by atoms with Crippen molar-refractivity contribution in [2.24, 2.45) is 22.7 Å². The molecule has 0 amide bonds. The maximum Gasteiger partial charge on any atom is 0.165 e. The molecule has 1 aromatic rings. The number of aliphatic hydroxyl groups is 2. The molecule has 186 valence electrons. The van der Waals surface area contributed by atoms with Gasteiger partial charge in [0.25, 0.3) is 0 Å². The Kier molecular flexibility index (Phi) is 4.08. The summed E-state index contributed by atoms with van der Waals surface area (Å²) in [7, 11) is 1.72. The number of benzene rings is 1. The molecule has 1 unspecified atom stereocenters. The summed E-state index contributed by atoms with van der Waals surface area (Å²) in [5.74, 6) is 2.29. The first-order valence-electron chi connectivity index (χ1n) is 13.6. The minimum absolute atomic E-state index is 0.0137. The minimum Gasteiger partial charge on any atom is -0.493 e. The fourth-order valence-corrected chi connectivity index (χ4v) is 9.41. The molecule has 2 N–H and O–H groups in total. The molecule has 5 fully saturated rings. The molecule has 7 atom stereocenters. The van der Waals surface area contributed by atoms with E-state index in [-0.39, 0.29) is 28.3 Å². The minimum atomic E-state index is -1.06. The number of methoxy groups -OCH3 is 1. The van der Waals surface area contributed by atoms with Gasteiger partial charge in [-0.1, -0.05) is 26.8 Å². The second kappa shape index (κ2) is 6.33. The van der Waals surface area contributed by atoms with Gasteiger partial charge >= 0.3 is 0 Å². The van der Waals surface area contributed by atoms with Crippen LogP contribution in [-0.2, 0) is 11.8 Å². The number of likely N-dealkylation sites (tertiary alicyclic amines) is 1. The summed E-state index contributed by atoms with van der Waals surface area (Å²) in [6.45, 7) is 10.6. The van der Waals surface area contributed by atoms with Gasteiger partial charge in [-0.3, -0.25) is 4.90 Å². The molecule has 0 aromatic heterocycles. The predicted octanol–water partition coefficient (Wildman–Crippen LogP) is 4.06. The van der Waals surface area contributed by atoms with Crippen molar-refractivity contribution in [1.29, 1.82) is 0 Å². The summed E-state index contributed by atoms with van der Waals surface area (Å²) in [4.78, 5) is 2.81. The van der Waals surface area contributed by atoms with E-state index in [2.05, 4.69) is 37.8 Å². The highest BCUT2D eigenvalue weighted by molar-refractivity contribution is 5.63. The van der Waals surface area contributed by atoms with Crippen LogP contribution in [0.4, 0.5) is 0 Å². The molecule has 1 saturated heterocycles. The van der Waals surface area contributed by atoms with Crippen LogP contribution in [0.1, 0.15) is 77.3 Å². The smallest absolute Gasteiger partial charge is 0.165 e. The van der Waals surface area contributed by atoms with E-state index in [0.29, 0.717) is 12.5 Å². The van der Waals surface area contributed by atoms with Gasteiger partial charge in [0, 0.05) is 34.9 Å². The third-order valence-corrected chi connectivity index (χ3v) is 11.7. The summed E-state index contributed by atoms with van der Waals surface area (Å²) < 4.78 is 12.7. The Morgan fingerprint density at radius 3 is 2.59 bits per heavy atom. The van der Waals surface area contributed by atoms with Gasteiger partial charge in [0.1, 0.15) is 11.7 Å². The molecule has 2 heterocycles. The van der Waals surface area contributed by atoms with Crippen LogP contribution in [0, 0.1) is 22.7 Å². The zero-order chi connectivity index (χ0) is 23.9. The van der Waals surface area contributed by atoms with E-state index in [0.717, 1.165) is 49.6 Å². The molecular weight excluding hydrogens is 426 g/mol. The molecule has 2 spiro atoms. The number of hydrogen-bond acceptors (Lipinski definition) is 5. The van der Waals surface area contributed by atoms with Crippen molar-refractivity contribution in [3.8, 4) is 11.5 Å². The maximum atomic E-state index is 12.6. The molecule has 0 radical (unpaired) electrons. The topological polar surface area (TPSA) is 62.2 Å². The Hall–Kier alpha value is -1.30. The van der Waals surface area contributed by atoms with E-state index in [4.69, 9.17) is 9.47 Å². The monoisotopic (exact) mass is 467 g/mol. The average Bonchev–Trinajstić information content (AvgIpc) is 3.52. The van der Waals surface area contributed by atoms with Crippen molar-refractivity contribution in [2.45, 2.75) is 101 Å². The fraction of sp³-hybridized carbons (Fsp3) is 0.793. The lowest BCUT2D eigenvalue weighted by Crippen LogP contribution is -2.82. The number of piperidine rings is 1. The first-order chi connectivity index (χ1) is 16.0. The molecule has 5 heteroatoms. The van der Waals surface area contributed by atoms with Gasteiger partial charge in [-0.25, -0.2) is 0 Å². The zero-order valence-electron chi connectivity index (χ0n) is 21.5. The van der Waals surface area contributed by atoms with Crippen molar-refractivity contribution in [3.63, 3.8) is 0 Å². The van der Waals surface area contributed by atoms with Crippen LogP contribution >= 0.6 is 0 Å². The van der Waals surface area contributed by atoms with Crippen LogP contribution in [0.3, 0.4) is 0 Å². The van der Waals surface area contributed by atoms with E-state index in [9.17, 15) is 10.2 Å². The van der Waals surface area contributed by atoms with Crippen molar-refractivity contribution >= 4 is 0 Å². The Balaban J connectivity index is 1.46. The van der Waals surface area contributed by atoms with Crippen LogP contribution in [0.25, 0.3) is 0 Å². The second-order valence-electron chi connectivity index (χ2n) is 13.8. The number of hydrogen-bond donors (Lipinski definition) is 2. The molecular formula is C29H41NO4. The van der Waals surface area contributed by atoms with E-state index >= 15 is 0 Å². The summed E-state index contributed by atoms with van der Waals surface area (Å²) in [6, 6.07) is 4.78.